The summed E-state index contributed by atoms with van der Waals surface area (Å²) in [5.74, 6) is -7.70. The molecule has 0 aromatic carbocycles. The van der Waals surface area contributed by atoms with E-state index in [1.54, 1.807) is 4.72 Å². The molecule has 5 fully saturated rings. The molecule has 0 spiro atoms. The minimum atomic E-state index is -4.88. The van der Waals surface area contributed by atoms with Gasteiger partial charge in [0.2, 0.25) is 0 Å². The first kappa shape index (κ1) is 119. The van der Waals surface area contributed by atoms with Gasteiger partial charge in [-0.2, -0.15) is 99.4 Å². The molecule has 0 aliphatic carbocycles. The van der Waals surface area contributed by atoms with E-state index in [1.807, 2.05) is 4.72 Å². The molecular weight excluding hydrogens is 1830 g/mol. The minimum Gasteiger partial charge on any atom is -0.480 e. The molecule has 5 aliphatic heterocycles. The van der Waals surface area contributed by atoms with E-state index in [1.165, 1.54) is 4.72 Å². The van der Waals surface area contributed by atoms with Gasteiger partial charge in [0.15, 0.2) is 11.4 Å². The van der Waals surface area contributed by atoms with Crippen LogP contribution >= 0.6 is 0 Å². The number of carbonyl (C=O) groups is 5. The first-order valence-electron chi connectivity index (χ1n) is 37.8. The molecule has 5 saturated heterocycles. The van der Waals surface area contributed by atoms with Gasteiger partial charge in [-0.15, -0.1) is 0 Å². The van der Waals surface area contributed by atoms with Crippen LogP contribution in [0.25, 0.3) is 0 Å². The molecule has 5 aliphatic rings. The lowest BCUT2D eigenvalue weighted by Gasteiger charge is -2.28. The molecule has 730 valence electrons. The van der Waals surface area contributed by atoms with Crippen molar-refractivity contribution in [1.29, 1.82) is 0 Å². The van der Waals surface area contributed by atoms with Gasteiger partial charge in [-0.1, -0.05) is 32.1 Å². The fourth-order valence-electron chi connectivity index (χ4n) is 13.0. The van der Waals surface area contributed by atoms with Gasteiger partial charge in [0, 0.05) is 121 Å². The Hall–Kier alpha value is -4.48. The summed E-state index contributed by atoms with van der Waals surface area (Å²) in [5.41, 5.74) is 46.1. The second-order valence-corrected chi connectivity index (χ2v) is 38.8. The van der Waals surface area contributed by atoms with Gasteiger partial charge in [0.25, 0.3) is 70.4 Å². The Morgan fingerprint density at radius 3 is 0.976 bits per heavy atom. The maximum Gasteiger partial charge on any atom is 0.451 e. The molecule has 0 unspecified atom stereocenters. The summed E-state index contributed by atoms with van der Waals surface area (Å²) in [5, 5.41) is 116. The van der Waals surface area contributed by atoms with Crippen LogP contribution in [0, 0.1) is 29.6 Å². The monoisotopic (exact) mass is 1940 g/mol. The zero-order valence-corrected chi connectivity index (χ0v) is 71.2. The second kappa shape index (κ2) is 51.5. The topological polar surface area (TPSA) is 874 Å². The largest absolute Gasteiger partial charge is 0.480 e. The van der Waals surface area contributed by atoms with E-state index < -0.39 is 277 Å². The number of ether oxygens (including phenoxy) is 2. The number of halogens is 10. The summed E-state index contributed by atoms with van der Waals surface area (Å²) >= 11 is 0. The average Bonchev–Trinajstić information content (AvgIpc) is 1.65. The van der Waals surface area contributed by atoms with E-state index >= 15 is 0 Å². The second-order valence-electron chi connectivity index (χ2n) is 30.2. The molecule has 0 saturated carbocycles. The third-order valence-electron chi connectivity index (χ3n) is 20.5. The Balaban J connectivity index is 0.000000782. The van der Waals surface area contributed by atoms with E-state index in [2.05, 4.69) is 9.44 Å². The van der Waals surface area contributed by atoms with Gasteiger partial charge in [-0.3, -0.25) is 35.4 Å². The Morgan fingerprint density at radius 1 is 0.432 bits per heavy atom. The highest BCUT2D eigenvalue weighted by Gasteiger charge is 2.57. The van der Waals surface area contributed by atoms with Crippen molar-refractivity contribution >= 4 is 117 Å². The van der Waals surface area contributed by atoms with Gasteiger partial charge < -0.3 is 121 Å². The number of carbonyl (C=O) groups excluding carboxylic acids is 2. The lowest BCUT2D eigenvalue weighted by atomic mass is 9.78. The summed E-state index contributed by atoms with van der Waals surface area (Å²) in [6.07, 6.45) is -10.3. The van der Waals surface area contributed by atoms with Crippen molar-refractivity contribution < 1.29 is 185 Å². The molecule has 0 aromatic heterocycles. The Morgan fingerprint density at radius 2 is 0.712 bits per heavy atom. The quantitative estimate of drug-likeness (QED) is 0.0116. The molecule has 0 amide bonds. The molecule has 15 atom stereocenters. The summed E-state index contributed by atoms with van der Waals surface area (Å²) < 4.78 is 270. The number of aliphatic carboxylic acids is 3. The van der Waals surface area contributed by atoms with Crippen LogP contribution in [0.4, 0.5) is 43.9 Å². The van der Waals surface area contributed by atoms with Crippen LogP contribution in [0.2, 0.25) is 31.6 Å². The van der Waals surface area contributed by atoms with Gasteiger partial charge >= 0.3 is 65.9 Å². The number of carboxylic acids is 3. The molecule has 50 nitrogen and oxygen atoms in total. The minimum absolute atomic E-state index is 0.000887. The molecule has 5 heterocycles. The van der Waals surface area contributed by atoms with Crippen LogP contribution < -0.4 is 80.9 Å². The highest BCUT2D eigenvalue weighted by Crippen LogP contribution is 2.38. The number of rotatable bonds is 50. The van der Waals surface area contributed by atoms with Crippen molar-refractivity contribution in [3.63, 3.8) is 0 Å². The number of hydrogen-bond acceptors (Lipinski definition) is 37. The van der Waals surface area contributed by atoms with E-state index in [-0.39, 0.29) is 155 Å². The highest BCUT2D eigenvalue weighted by molar-refractivity contribution is 7.88. The molecule has 5 rings (SSSR count). The molecular formula is C55H115B5F10N20O30S5. The van der Waals surface area contributed by atoms with Crippen molar-refractivity contribution in [3.8, 4) is 0 Å². The van der Waals surface area contributed by atoms with E-state index in [0.717, 1.165) is 17.2 Å². The predicted molar refractivity (Wildman–Crippen MR) is 423 cm³/mol. The van der Waals surface area contributed by atoms with E-state index in [9.17, 15) is 125 Å². The maximum atomic E-state index is 12.8. The summed E-state index contributed by atoms with van der Waals surface area (Å²) in [6, 6.07) is -8.64. The van der Waals surface area contributed by atoms with Crippen LogP contribution in [0.3, 0.4) is 0 Å². The van der Waals surface area contributed by atoms with Crippen LogP contribution in [0.15, 0.2) is 0 Å². The summed E-state index contributed by atoms with van der Waals surface area (Å²) in [6.45, 7) is -8.64. The Labute approximate surface area is 715 Å². The summed E-state index contributed by atoms with van der Waals surface area (Å²) in [7, 11) is -29.1. The fraction of sp³-hybridized carbons (Fsp3) is 0.909. The maximum absolute atomic E-state index is 12.8. The third kappa shape index (κ3) is 38.0. The number of nitrogens with one attached hydrogen (secondary N) is 5. The molecule has 38 N–H and O–H groups in total. The number of alkyl halides is 10. The smallest absolute Gasteiger partial charge is 0.451 e. The van der Waals surface area contributed by atoms with Gasteiger partial charge in [0.1, 0.15) is 42.0 Å². The standard InChI is InChI=1S/2C11H22BF3N4O6S.C11H23BF2N4O6S.2C11H24BFN4O6S/c13-11(14,15)9(16)4-18-26(23,24)19-5-8(2-1-3-12(21)22)10(17,6-19)25-7-20;13-11(14,15)9(4-16)18-26(23,24)19-5-8(2-1-3-12(21)22)10(17,6-19)25-7-20;13-9(14)8(15)4-17-25(23,24)18-5-7(2-1-3-12(21)22)11(16,6-18)10(19)20;13-4-9(14)5-16-24(22,23)17-6-8(2-1-3-12(20)21)11(15,7-17)10(18)19;13-4-9(5-14)16-24(22,23)17-6-8(2-1-3-12(20)21)11(15,7-17)10(18)19/h2*7-9,18,21-22H,1-6,16-17H2;7-9,17,21-22H,1-6,15-16H2,(H,19,20);2*8-9,16,20-21H,1-7,14-15H2,(H,18,19)/t8-,9+,10+;8-,9-,10+;7-,8+,11-;2*8-,9-,11-/m00000/s1. The Bertz CT molecular complexity index is 3930. The van der Waals surface area contributed by atoms with Crippen molar-refractivity contribution in [2.24, 2.45) is 86.9 Å². The SMILES string of the molecule is NC[C@H](CF)NS(=O)(=O)N1C[C@H](CCCB(O)O)[C@](N)(C(=O)O)C1.NC[C@H](NS(=O)(=O)N1C[C@H](CCCB(O)O)[C@](N)(OC=O)C1)C(F)(F)F.N[C@@H](CF)CNS(=O)(=O)N1C[C@H](CCCB(O)O)[C@](N)(C(=O)O)C1.N[C@H](CNS(=O)(=O)N1C[C@H](CCCB(O)O)[C@](N)(C(=O)O)C1)C(F)F.N[C@H](CNS(=O)(=O)N1C[C@H](CCCB(O)O)[C@](N)(OC=O)C1)C(F)(F)F. The van der Waals surface area contributed by atoms with E-state index in [4.69, 9.17) is 117 Å². The van der Waals surface area contributed by atoms with Gasteiger partial charge in [-0.05, 0) is 63.7 Å². The zero-order chi connectivity index (χ0) is 96.8. The number of nitrogens with zero attached hydrogens (tertiary/aromatic N) is 5. The fourth-order valence-corrected chi connectivity index (χ4v) is 20.0. The highest BCUT2D eigenvalue weighted by atomic mass is 32.2. The van der Waals surface area contributed by atoms with Crippen LogP contribution in [0.5, 0.6) is 0 Å². The van der Waals surface area contributed by atoms with Crippen molar-refractivity contribution in [2.75, 3.05) is 112 Å². The Kier molecular flexibility index (Phi) is 48.9. The van der Waals surface area contributed by atoms with Gasteiger partial charge in [-0.25, -0.2) is 31.7 Å². The number of nitrogens with two attached hydrogens (primary N) is 10. The number of carboxylic acid groups (broad SMARTS) is 3. The molecule has 125 heavy (non-hydrogen) atoms. The lowest BCUT2D eigenvalue weighted by Crippen LogP contribution is -2.56. The van der Waals surface area contributed by atoms with Crippen LogP contribution in [-0.4, -0.2) is 384 Å². The molecule has 70 heteroatoms. The van der Waals surface area contributed by atoms with Crippen molar-refractivity contribution in [3.05, 3.63) is 0 Å². The zero-order valence-electron chi connectivity index (χ0n) is 67.1. The van der Waals surface area contributed by atoms with Crippen molar-refractivity contribution in [1.82, 2.24) is 45.1 Å². The average molecular weight is 1940 g/mol. The molecule has 0 aromatic rings. The normalized spacial score (nSPS) is 26.2. The lowest BCUT2D eigenvalue weighted by molar-refractivity contribution is -0.149. The first-order valence-corrected chi connectivity index (χ1v) is 45.0. The van der Waals surface area contributed by atoms with Crippen LogP contribution in [0.1, 0.15) is 64.2 Å². The number of hydrogen-bond donors (Lipinski definition) is 28. The van der Waals surface area contributed by atoms with Crippen LogP contribution in [-0.2, 0) is 84.5 Å². The third-order valence-corrected chi connectivity index (χ3v) is 28.1. The van der Waals surface area contributed by atoms with E-state index in [0.29, 0.717) is 4.31 Å². The summed E-state index contributed by atoms with van der Waals surface area (Å²) in [4.78, 5) is 55.8. The van der Waals surface area contributed by atoms with Crippen molar-refractivity contribution in [2.45, 2.75) is 173 Å². The first-order chi connectivity index (χ1) is 57.2. The predicted octanol–water partition coefficient (Wildman–Crippen LogP) is -13.0. The molecule has 0 radical (unpaired) electrons. The van der Waals surface area contributed by atoms with Gasteiger partial charge in [0.05, 0.1) is 25.2 Å². The molecule has 0 bridgehead atoms.